The van der Waals surface area contributed by atoms with Crippen molar-refractivity contribution < 1.29 is 4.79 Å². The molecule has 0 aliphatic heterocycles. The lowest BCUT2D eigenvalue weighted by atomic mass is 10.1. The number of hydrogen-bond acceptors (Lipinski definition) is 3. The zero-order valence-electron chi connectivity index (χ0n) is 14.1. The van der Waals surface area contributed by atoms with Crippen LogP contribution in [-0.2, 0) is 11.2 Å². The highest BCUT2D eigenvalue weighted by molar-refractivity contribution is 6.30. The van der Waals surface area contributed by atoms with Gasteiger partial charge in [0.05, 0.1) is 23.9 Å². The number of amides is 1. The molecule has 3 aromatic rings. The van der Waals surface area contributed by atoms with Crippen LogP contribution in [0.2, 0.25) is 5.02 Å². The highest BCUT2D eigenvalue weighted by Gasteiger charge is 2.10. The lowest BCUT2D eigenvalue weighted by Gasteiger charge is -2.00. The average Bonchev–Trinajstić information content (AvgIpc) is 2.92. The number of para-hydroxylation sites is 1. The molecule has 132 valence electrons. The summed E-state index contributed by atoms with van der Waals surface area (Å²) in [7, 11) is 0. The molecular formula is C19H17ClN4O2. The van der Waals surface area contributed by atoms with Gasteiger partial charge >= 0.3 is 0 Å². The van der Waals surface area contributed by atoms with E-state index in [2.05, 4.69) is 15.6 Å². The van der Waals surface area contributed by atoms with Gasteiger partial charge in [0, 0.05) is 10.7 Å². The Hall–Kier alpha value is -3.12. The van der Waals surface area contributed by atoms with Crippen molar-refractivity contribution in [2.75, 3.05) is 0 Å². The lowest BCUT2D eigenvalue weighted by Crippen LogP contribution is -2.21. The average molecular weight is 369 g/mol. The van der Waals surface area contributed by atoms with E-state index in [0.717, 1.165) is 11.3 Å². The zero-order chi connectivity index (χ0) is 18.5. The van der Waals surface area contributed by atoms with Gasteiger partial charge in [-0.05, 0) is 36.8 Å². The van der Waals surface area contributed by atoms with E-state index in [1.807, 2.05) is 30.3 Å². The Morgan fingerprint density at radius 3 is 2.58 bits per heavy atom. The topological polar surface area (TPSA) is 79.2 Å². The highest BCUT2D eigenvalue weighted by Crippen LogP contribution is 2.10. The Morgan fingerprint density at radius 1 is 1.19 bits per heavy atom. The van der Waals surface area contributed by atoms with E-state index in [0.29, 0.717) is 16.3 Å². The van der Waals surface area contributed by atoms with Crippen molar-refractivity contribution in [3.63, 3.8) is 0 Å². The Balaban J connectivity index is 1.69. The van der Waals surface area contributed by atoms with Gasteiger partial charge in [-0.3, -0.25) is 14.7 Å². The van der Waals surface area contributed by atoms with Crippen molar-refractivity contribution >= 4 is 23.7 Å². The SMILES string of the molecule is Cc1[nH]n(-c2ccccc2)c(=O)c1/C=N\NC(=O)Cc1ccc(Cl)cc1. The van der Waals surface area contributed by atoms with Gasteiger partial charge in [-0.2, -0.15) is 5.10 Å². The molecule has 26 heavy (non-hydrogen) atoms. The minimum Gasteiger partial charge on any atom is -0.295 e. The Bertz CT molecular complexity index is 989. The maximum Gasteiger partial charge on any atom is 0.280 e. The smallest absolute Gasteiger partial charge is 0.280 e. The second-order valence-electron chi connectivity index (χ2n) is 5.72. The molecule has 1 heterocycles. The van der Waals surface area contributed by atoms with Crippen LogP contribution in [0.4, 0.5) is 0 Å². The molecule has 7 heteroatoms. The number of nitrogens with zero attached hydrogens (tertiary/aromatic N) is 2. The Kier molecular flexibility index (Phi) is 5.34. The second-order valence-corrected chi connectivity index (χ2v) is 6.16. The van der Waals surface area contributed by atoms with Crippen LogP contribution in [-0.4, -0.2) is 21.9 Å². The number of benzene rings is 2. The molecule has 0 saturated carbocycles. The van der Waals surface area contributed by atoms with Crippen molar-refractivity contribution in [1.29, 1.82) is 0 Å². The summed E-state index contributed by atoms with van der Waals surface area (Å²) in [4.78, 5) is 24.4. The van der Waals surface area contributed by atoms with E-state index in [-0.39, 0.29) is 17.9 Å². The fourth-order valence-electron chi connectivity index (χ4n) is 2.47. The monoisotopic (exact) mass is 368 g/mol. The number of carbonyl (C=O) groups excluding carboxylic acids is 1. The van der Waals surface area contributed by atoms with E-state index < -0.39 is 0 Å². The molecule has 1 amide bonds. The summed E-state index contributed by atoms with van der Waals surface area (Å²) in [5.41, 5.74) is 4.81. The van der Waals surface area contributed by atoms with Gasteiger partial charge in [-0.1, -0.05) is 41.9 Å². The van der Waals surface area contributed by atoms with Crippen LogP contribution in [0.5, 0.6) is 0 Å². The van der Waals surface area contributed by atoms with E-state index >= 15 is 0 Å². The van der Waals surface area contributed by atoms with Crippen LogP contribution >= 0.6 is 11.6 Å². The van der Waals surface area contributed by atoms with Gasteiger partial charge in [0.25, 0.3) is 5.56 Å². The standard InChI is InChI=1S/C19H17ClN4O2/c1-13-17(19(26)24(23-13)16-5-3-2-4-6-16)12-21-22-18(25)11-14-7-9-15(20)10-8-14/h2-10,12,23H,11H2,1H3,(H,22,25)/b21-12-. The van der Waals surface area contributed by atoms with Crippen molar-refractivity contribution in [3.05, 3.63) is 86.8 Å². The van der Waals surface area contributed by atoms with Gasteiger partial charge in [0.1, 0.15) is 0 Å². The molecule has 0 aliphatic carbocycles. The molecule has 0 spiro atoms. The minimum absolute atomic E-state index is 0.175. The Morgan fingerprint density at radius 2 is 1.88 bits per heavy atom. The largest absolute Gasteiger partial charge is 0.295 e. The number of hydrogen-bond donors (Lipinski definition) is 2. The first-order chi connectivity index (χ1) is 12.5. The van der Waals surface area contributed by atoms with Crippen LogP contribution in [0, 0.1) is 6.92 Å². The third-order valence-electron chi connectivity index (χ3n) is 3.79. The summed E-state index contributed by atoms with van der Waals surface area (Å²) in [5, 5.41) is 7.52. The lowest BCUT2D eigenvalue weighted by molar-refractivity contribution is -0.120. The van der Waals surface area contributed by atoms with Gasteiger partial charge in [0.2, 0.25) is 5.91 Å². The molecule has 2 aromatic carbocycles. The molecule has 6 nitrogen and oxygen atoms in total. The van der Waals surface area contributed by atoms with Crippen LogP contribution in [0.3, 0.4) is 0 Å². The molecule has 0 fully saturated rings. The highest BCUT2D eigenvalue weighted by atomic mass is 35.5. The molecule has 2 N–H and O–H groups in total. The van der Waals surface area contributed by atoms with Gasteiger partial charge in [0.15, 0.2) is 0 Å². The number of hydrazone groups is 1. The fraction of sp³-hybridized carbons (Fsp3) is 0.105. The number of H-pyrrole nitrogens is 1. The molecular weight excluding hydrogens is 352 g/mol. The first-order valence-electron chi connectivity index (χ1n) is 7.98. The van der Waals surface area contributed by atoms with Crippen molar-refractivity contribution in [2.45, 2.75) is 13.3 Å². The van der Waals surface area contributed by atoms with E-state index in [4.69, 9.17) is 11.6 Å². The molecule has 0 bridgehead atoms. The Labute approximate surface area is 155 Å². The number of rotatable bonds is 5. The van der Waals surface area contributed by atoms with Crippen LogP contribution < -0.4 is 11.0 Å². The van der Waals surface area contributed by atoms with E-state index in [1.165, 1.54) is 10.9 Å². The molecule has 1 aromatic heterocycles. The molecule has 0 unspecified atom stereocenters. The van der Waals surface area contributed by atoms with E-state index in [9.17, 15) is 9.59 Å². The molecule has 3 rings (SSSR count). The quantitative estimate of drug-likeness (QED) is 0.536. The summed E-state index contributed by atoms with van der Waals surface area (Å²) in [6.45, 7) is 1.78. The summed E-state index contributed by atoms with van der Waals surface area (Å²) < 4.78 is 1.44. The maximum absolute atomic E-state index is 12.5. The number of halogens is 1. The predicted molar refractivity (Wildman–Crippen MR) is 102 cm³/mol. The number of aryl methyl sites for hydroxylation is 1. The fourth-order valence-corrected chi connectivity index (χ4v) is 2.59. The summed E-state index contributed by atoms with van der Waals surface area (Å²) in [6, 6.07) is 16.2. The van der Waals surface area contributed by atoms with Crippen LogP contribution in [0.1, 0.15) is 16.8 Å². The zero-order valence-corrected chi connectivity index (χ0v) is 14.8. The summed E-state index contributed by atoms with van der Waals surface area (Å²) >= 11 is 5.82. The number of aromatic amines is 1. The number of nitrogens with one attached hydrogen (secondary N) is 2. The second kappa shape index (κ2) is 7.84. The minimum atomic E-state index is -0.278. The van der Waals surface area contributed by atoms with Gasteiger partial charge in [-0.15, -0.1) is 0 Å². The molecule has 0 saturated heterocycles. The van der Waals surface area contributed by atoms with E-state index in [1.54, 1.807) is 31.2 Å². The molecule has 0 atom stereocenters. The van der Waals surface area contributed by atoms with Crippen molar-refractivity contribution in [3.8, 4) is 5.69 Å². The van der Waals surface area contributed by atoms with Gasteiger partial charge in [-0.25, -0.2) is 10.1 Å². The van der Waals surface area contributed by atoms with Gasteiger partial charge < -0.3 is 0 Å². The maximum atomic E-state index is 12.5. The number of aromatic nitrogens is 2. The third-order valence-corrected chi connectivity index (χ3v) is 4.04. The molecule has 0 aliphatic rings. The first-order valence-corrected chi connectivity index (χ1v) is 8.36. The van der Waals surface area contributed by atoms with Crippen molar-refractivity contribution in [1.82, 2.24) is 15.2 Å². The normalized spacial score (nSPS) is 11.0. The predicted octanol–water partition coefficient (Wildman–Crippen LogP) is 2.82. The van der Waals surface area contributed by atoms with Crippen LogP contribution in [0.25, 0.3) is 5.69 Å². The first kappa shape index (κ1) is 17.7. The molecule has 0 radical (unpaired) electrons. The number of carbonyl (C=O) groups is 1. The van der Waals surface area contributed by atoms with Crippen molar-refractivity contribution in [2.24, 2.45) is 5.10 Å². The summed E-state index contributed by atoms with van der Waals surface area (Å²) in [6.07, 6.45) is 1.53. The van der Waals surface area contributed by atoms with Crippen LogP contribution in [0.15, 0.2) is 64.5 Å². The summed E-state index contributed by atoms with van der Waals surface area (Å²) in [5.74, 6) is -0.278. The third kappa shape index (κ3) is 4.10.